The van der Waals surface area contributed by atoms with Crippen molar-refractivity contribution in [2.24, 2.45) is 5.41 Å². The molecule has 1 aromatic heterocycles. The summed E-state index contributed by atoms with van der Waals surface area (Å²) in [5, 5.41) is 11.6. The van der Waals surface area contributed by atoms with Gasteiger partial charge in [-0.1, -0.05) is 0 Å². The summed E-state index contributed by atoms with van der Waals surface area (Å²) in [7, 11) is -7.60. The molecule has 35 heavy (non-hydrogen) atoms. The summed E-state index contributed by atoms with van der Waals surface area (Å²) in [4.78, 5) is 28.0. The van der Waals surface area contributed by atoms with Gasteiger partial charge in [-0.15, -0.1) is 0 Å². The zero-order valence-corrected chi connectivity index (χ0v) is 21.1. The van der Waals surface area contributed by atoms with Gasteiger partial charge in [-0.05, 0) is 68.4 Å². The molecule has 10 nitrogen and oxygen atoms in total. The van der Waals surface area contributed by atoms with Gasteiger partial charge >= 0.3 is 0 Å². The first-order valence-electron chi connectivity index (χ1n) is 11.5. The van der Waals surface area contributed by atoms with E-state index in [4.69, 9.17) is 5.11 Å². The minimum absolute atomic E-state index is 0.000847. The minimum Gasteiger partial charge on any atom is -0.395 e. The number of piperidine rings is 1. The highest BCUT2D eigenvalue weighted by atomic mass is 32.2. The number of anilines is 2. The Hall–Kier alpha value is -2.70. The number of carbonyl (C=O) groups is 1. The number of sulfone groups is 1. The molecular formula is C23H29N3O7S2. The summed E-state index contributed by atoms with van der Waals surface area (Å²) in [6.45, 7) is 2.22. The number of nitrogens with zero attached hydrogens (tertiary/aromatic N) is 2. The molecule has 2 N–H and O–H groups in total. The molecule has 0 unspecified atom stereocenters. The molecule has 190 valence electrons. The van der Waals surface area contributed by atoms with Crippen LogP contribution in [0.25, 0.3) is 0 Å². The maximum absolute atomic E-state index is 13.3. The molecule has 2 aromatic rings. The van der Waals surface area contributed by atoms with Crippen LogP contribution >= 0.6 is 0 Å². The summed E-state index contributed by atoms with van der Waals surface area (Å²) in [5.41, 5.74) is -0.116. The Morgan fingerprint density at radius 2 is 1.77 bits per heavy atom. The van der Waals surface area contributed by atoms with Crippen molar-refractivity contribution < 1.29 is 26.7 Å². The van der Waals surface area contributed by atoms with E-state index in [1.807, 2.05) is 4.90 Å². The number of carbonyl (C=O) groups excluding carboxylic acids is 1. The highest BCUT2D eigenvalue weighted by Crippen LogP contribution is 2.54. The molecule has 1 saturated heterocycles. The molecule has 4 rings (SSSR count). The van der Waals surface area contributed by atoms with Crippen molar-refractivity contribution in [2.45, 2.75) is 37.5 Å². The first kappa shape index (κ1) is 25.4. The summed E-state index contributed by atoms with van der Waals surface area (Å²) in [5.74, 6) is -1.37. The number of nitrogens with one attached hydrogen (secondary N) is 1. The lowest BCUT2D eigenvalue weighted by atomic mass is 9.93. The van der Waals surface area contributed by atoms with Gasteiger partial charge in [0.25, 0.3) is 11.5 Å². The number of hydrogen-bond acceptors (Lipinski definition) is 8. The van der Waals surface area contributed by atoms with E-state index in [1.54, 1.807) is 0 Å². The fourth-order valence-corrected chi connectivity index (χ4v) is 6.34. The van der Waals surface area contributed by atoms with Gasteiger partial charge in [0, 0.05) is 19.3 Å². The Balaban J connectivity index is 1.70. The van der Waals surface area contributed by atoms with Crippen LogP contribution in [0.5, 0.6) is 0 Å². The van der Waals surface area contributed by atoms with Gasteiger partial charge in [0.15, 0.2) is 9.84 Å². The average Bonchev–Trinajstić information content (AvgIpc) is 3.59. The van der Waals surface area contributed by atoms with E-state index in [2.05, 4.69) is 5.32 Å². The van der Waals surface area contributed by atoms with Gasteiger partial charge in [-0.3, -0.25) is 9.59 Å². The number of aliphatic hydroxyl groups excluding tert-OH is 1. The molecule has 12 heteroatoms. The molecule has 0 radical (unpaired) electrons. The third-order valence-electron chi connectivity index (χ3n) is 6.88. The van der Waals surface area contributed by atoms with Crippen LogP contribution in [0.3, 0.4) is 0 Å². The van der Waals surface area contributed by atoms with Crippen molar-refractivity contribution in [1.82, 2.24) is 3.97 Å². The van der Waals surface area contributed by atoms with E-state index < -0.39 is 43.7 Å². The van der Waals surface area contributed by atoms with E-state index in [-0.39, 0.29) is 21.9 Å². The molecule has 1 saturated carbocycles. The Morgan fingerprint density at radius 3 is 2.37 bits per heavy atom. The number of rotatable bonds is 8. The Morgan fingerprint density at radius 1 is 1.09 bits per heavy atom. The number of amides is 1. The Kier molecular flexibility index (Phi) is 6.82. The fourth-order valence-electron chi connectivity index (χ4n) is 4.41. The first-order valence-corrected chi connectivity index (χ1v) is 14.8. The normalized spacial score (nSPS) is 17.4. The Bertz CT molecular complexity index is 1400. The lowest BCUT2D eigenvalue weighted by Crippen LogP contribution is -2.36. The predicted molar refractivity (Wildman–Crippen MR) is 132 cm³/mol. The van der Waals surface area contributed by atoms with Crippen LogP contribution in [0.4, 0.5) is 11.4 Å². The lowest BCUT2D eigenvalue weighted by Gasteiger charge is -2.35. The smallest absolute Gasteiger partial charge is 0.287 e. The molecule has 1 aliphatic heterocycles. The zero-order valence-electron chi connectivity index (χ0n) is 19.4. The molecule has 1 aromatic carbocycles. The van der Waals surface area contributed by atoms with Crippen LogP contribution in [0.2, 0.25) is 0 Å². The fraction of sp³-hybridized carbons (Fsp3) is 0.478. The van der Waals surface area contributed by atoms with Crippen LogP contribution in [0, 0.1) is 5.41 Å². The minimum atomic E-state index is -3.85. The zero-order chi connectivity index (χ0) is 25.4. The molecule has 2 heterocycles. The quantitative estimate of drug-likeness (QED) is 0.529. The van der Waals surface area contributed by atoms with Gasteiger partial charge in [-0.25, -0.2) is 20.8 Å². The average molecular weight is 524 g/mol. The largest absolute Gasteiger partial charge is 0.395 e. The molecule has 0 atom stereocenters. The van der Waals surface area contributed by atoms with Gasteiger partial charge in [0.1, 0.15) is 5.69 Å². The summed E-state index contributed by atoms with van der Waals surface area (Å²) >= 11 is 0. The van der Waals surface area contributed by atoms with Crippen molar-refractivity contribution >= 4 is 37.1 Å². The van der Waals surface area contributed by atoms with Crippen molar-refractivity contribution in [3.8, 4) is 0 Å². The second kappa shape index (κ2) is 9.40. The SMILES string of the molecule is CCS(=O)(=O)n1cccc(NC(=O)c2ccc(S(=O)(=O)CCO)cc2N2CCC3(CC2)CC3)c1=O. The highest BCUT2D eigenvalue weighted by Gasteiger charge is 2.44. The predicted octanol–water partition coefficient (Wildman–Crippen LogP) is 1.44. The number of aromatic nitrogens is 1. The van der Waals surface area contributed by atoms with Gasteiger partial charge in [-0.2, -0.15) is 0 Å². The van der Waals surface area contributed by atoms with Crippen LogP contribution in [-0.2, 0) is 19.9 Å². The van der Waals surface area contributed by atoms with E-state index in [9.17, 15) is 26.4 Å². The van der Waals surface area contributed by atoms with Gasteiger partial charge in [0.05, 0.1) is 34.3 Å². The first-order chi connectivity index (χ1) is 16.5. The van der Waals surface area contributed by atoms with E-state index in [0.29, 0.717) is 28.2 Å². The number of hydrogen-bond donors (Lipinski definition) is 2. The van der Waals surface area contributed by atoms with E-state index in [0.717, 1.165) is 19.0 Å². The van der Waals surface area contributed by atoms with Crippen LogP contribution < -0.4 is 15.8 Å². The third-order valence-corrected chi connectivity index (χ3v) is 10.2. The highest BCUT2D eigenvalue weighted by molar-refractivity contribution is 7.91. The molecule has 2 fully saturated rings. The second-order valence-corrected chi connectivity index (χ2v) is 13.3. The van der Waals surface area contributed by atoms with Crippen molar-refractivity contribution in [3.05, 3.63) is 52.4 Å². The van der Waals surface area contributed by atoms with Crippen molar-refractivity contribution in [3.63, 3.8) is 0 Å². The molecular weight excluding hydrogens is 494 g/mol. The molecule has 2 aliphatic rings. The Labute approximate surface area is 204 Å². The van der Waals surface area contributed by atoms with Gasteiger partial charge < -0.3 is 15.3 Å². The number of pyridine rings is 1. The van der Waals surface area contributed by atoms with Crippen molar-refractivity contribution in [2.75, 3.05) is 41.4 Å². The lowest BCUT2D eigenvalue weighted by molar-refractivity contribution is 0.102. The number of aliphatic hydroxyl groups is 1. The molecule has 1 aliphatic carbocycles. The third kappa shape index (κ3) is 5.14. The molecule has 1 spiro atoms. The van der Waals surface area contributed by atoms with E-state index in [1.165, 1.54) is 50.1 Å². The number of benzene rings is 1. The standard InChI is InChI=1S/C23H29N3O7S2/c1-2-35(32,33)26-11-3-4-19(22(26)29)24-21(28)18-6-5-17(34(30,31)15-14-27)16-20(18)25-12-9-23(7-8-23)10-13-25/h3-6,11,16,27H,2,7-10,12-15H2,1H3,(H,24,28). The summed E-state index contributed by atoms with van der Waals surface area (Å²) in [6, 6.07) is 6.81. The second-order valence-electron chi connectivity index (χ2n) is 9.09. The monoisotopic (exact) mass is 523 g/mol. The van der Waals surface area contributed by atoms with Crippen molar-refractivity contribution in [1.29, 1.82) is 0 Å². The van der Waals surface area contributed by atoms with Crippen LogP contribution in [0.1, 0.15) is 43.0 Å². The van der Waals surface area contributed by atoms with Crippen LogP contribution in [0.15, 0.2) is 46.2 Å². The molecule has 0 bridgehead atoms. The summed E-state index contributed by atoms with van der Waals surface area (Å²) < 4.78 is 50.1. The summed E-state index contributed by atoms with van der Waals surface area (Å²) in [6.07, 6.45) is 5.38. The van der Waals surface area contributed by atoms with Gasteiger partial charge in [0.2, 0.25) is 10.0 Å². The maximum atomic E-state index is 13.3. The topological polar surface area (TPSA) is 143 Å². The maximum Gasteiger partial charge on any atom is 0.287 e. The molecule has 1 amide bonds. The van der Waals surface area contributed by atoms with E-state index >= 15 is 0 Å². The van der Waals surface area contributed by atoms with Crippen LogP contribution in [-0.4, -0.2) is 63.0 Å².